The Balaban J connectivity index is 1.66. The molecule has 2 N–H and O–H groups in total. The van der Waals surface area contributed by atoms with Crippen LogP contribution in [0.4, 0.5) is 0 Å². The monoisotopic (exact) mass is 274 g/mol. The fourth-order valence-corrected chi connectivity index (χ4v) is 3.29. The molecule has 0 radical (unpaired) electrons. The highest BCUT2D eigenvalue weighted by molar-refractivity contribution is 7.09. The number of aromatic nitrogens is 1. The zero-order valence-corrected chi connectivity index (χ0v) is 11.6. The zero-order chi connectivity index (χ0) is 13.1. The van der Waals surface area contributed by atoms with Crippen molar-refractivity contribution in [3.05, 3.63) is 52.0 Å². The normalized spacial score (nSPS) is 20.6. The molecule has 0 spiro atoms. The average Bonchev–Trinajstić information content (AvgIpc) is 3.10. The minimum absolute atomic E-state index is 0.0145. The summed E-state index contributed by atoms with van der Waals surface area (Å²) in [5.74, 6) is 0. The second kappa shape index (κ2) is 5.82. The van der Waals surface area contributed by atoms with E-state index in [1.54, 1.807) is 11.3 Å². The molecule has 0 bridgehead atoms. The summed E-state index contributed by atoms with van der Waals surface area (Å²) in [6, 6.07) is 10.2. The molecule has 0 amide bonds. The van der Waals surface area contributed by atoms with Gasteiger partial charge in [-0.25, -0.2) is 4.98 Å². The highest BCUT2D eigenvalue weighted by Crippen LogP contribution is 2.31. The maximum absolute atomic E-state index is 6.22. The Labute approximate surface area is 117 Å². The van der Waals surface area contributed by atoms with Crippen molar-refractivity contribution in [2.24, 2.45) is 5.73 Å². The van der Waals surface area contributed by atoms with E-state index in [4.69, 9.17) is 10.5 Å². The second-order valence-electron chi connectivity index (χ2n) is 4.90. The molecule has 2 heterocycles. The van der Waals surface area contributed by atoms with E-state index in [9.17, 15) is 0 Å². The third kappa shape index (κ3) is 3.03. The van der Waals surface area contributed by atoms with Crippen LogP contribution in [0.15, 0.2) is 35.7 Å². The molecule has 0 saturated carbocycles. The Hall–Kier alpha value is -1.23. The van der Waals surface area contributed by atoms with Gasteiger partial charge in [-0.3, -0.25) is 0 Å². The van der Waals surface area contributed by atoms with Crippen LogP contribution >= 0.6 is 11.3 Å². The van der Waals surface area contributed by atoms with Crippen LogP contribution in [-0.2, 0) is 11.2 Å². The Morgan fingerprint density at radius 2 is 2.21 bits per heavy atom. The Morgan fingerprint density at radius 1 is 1.37 bits per heavy atom. The van der Waals surface area contributed by atoms with E-state index in [-0.39, 0.29) is 12.1 Å². The van der Waals surface area contributed by atoms with E-state index < -0.39 is 0 Å². The first kappa shape index (κ1) is 12.8. The topological polar surface area (TPSA) is 48.1 Å². The first-order valence-corrected chi connectivity index (χ1v) is 7.57. The molecule has 3 nitrogen and oxygen atoms in total. The Morgan fingerprint density at radius 3 is 2.95 bits per heavy atom. The maximum atomic E-state index is 6.22. The summed E-state index contributed by atoms with van der Waals surface area (Å²) >= 11 is 1.69. The lowest BCUT2D eigenvalue weighted by Crippen LogP contribution is -2.13. The molecule has 2 atom stereocenters. The zero-order valence-electron chi connectivity index (χ0n) is 10.8. The number of rotatable bonds is 4. The molecule has 19 heavy (non-hydrogen) atoms. The van der Waals surface area contributed by atoms with E-state index in [1.165, 1.54) is 0 Å². The van der Waals surface area contributed by atoms with Gasteiger partial charge in [-0.15, -0.1) is 11.3 Å². The van der Waals surface area contributed by atoms with Crippen molar-refractivity contribution in [3.8, 4) is 0 Å². The second-order valence-corrected chi connectivity index (χ2v) is 5.79. The number of benzene rings is 1. The van der Waals surface area contributed by atoms with Crippen LogP contribution in [0.1, 0.15) is 41.3 Å². The number of hydrogen-bond donors (Lipinski definition) is 1. The fourth-order valence-electron chi connectivity index (χ4n) is 2.38. The highest BCUT2D eigenvalue weighted by atomic mass is 32.1. The van der Waals surface area contributed by atoms with Crippen LogP contribution in [0.25, 0.3) is 0 Å². The minimum atomic E-state index is 0.0145. The SMILES string of the molecule is NC(Cc1csc(C2CCCO2)n1)c1ccccc1. The molecule has 1 saturated heterocycles. The summed E-state index contributed by atoms with van der Waals surface area (Å²) < 4.78 is 5.66. The first-order valence-electron chi connectivity index (χ1n) is 6.69. The van der Waals surface area contributed by atoms with Crippen molar-refractivity contribution in [1.29, 1.82) is 0 Å². The molecule has 2 unspecified atom stereocenters. The van der Waals surface area contributed by atoms with Gasteiger partial charge in [0.1, 0.15) is 11.1 Å². The number of nitrogens with zero attached hydrogens (tertiary/aromatic N) is 1. The molecule has 2 aromatic rings. The average molecular weight is 274 g/mol. The molecule has 1 aromatic heterocycles. The van der Waals surface area contributed by atoms with Crippen molar-refractivity contribution in [2.75, 3.05) is 6.61 Å². The predicted molar refractivity (Wildman–Crippen MR) is 77.1 cm³/mol. The quantitative estimate of drug-likeness (QED) is 0.931. The van der Waals surface area contributed by atoms with Crippen LogP contribution in [0.3, 0.4) is 0 Å². The summed E-state index contributed by atoms with van der Waals surface area (Å²) in [6.07, 6.45) is 3.24. The van der Waals surface area contributed by atoms with Gasteiger partial charge in [-0.1, -0.05) is 30.3 Å². The van der Waals surface area contributed by atoms with Crippen LogP contribution in [0.5, 0.6) is 0 Å². The number of thiazole rings is 1. The van der Waals surface area contributed by atoms with Crippen LogP contribution in [-0.4, -0.2) is 11.6 Å². The van der Waals surface area contributed by atoms with Gasteiger partial charge in [-0.2, -0.15) is 0 Å². The van der Waals surface area contributed by atoms with Gasteiger partial charge in [0, 0.05) is 24.4 Å². The van der Waals surface area contributed by atoms with Gasteiger partial charge in [0.05, 0.1) is 5.69 Å². The van der Waals surface area contributed by atoms with Crippen molar-refractivity contribution >= 4 is 11.3 Å². The molecule has 3 rings (SSSR count). The number of nitrogens with two attached hydrogens (primary N) is 1. The molecule has 4 heteroatoms. The van der Waals surface area contributed by atoms with Crippen molar-refractivity contribution in [3.63, 3.8) is 0 Å². The Kier molecular flexibility index (Phi) is 3.92. The van der Waals surface area contributed by atoms with Gasteiger partial charge in [0.25, 0.3) is 0 Å². The summed E-state index contributed by atoms with van der Waals surface area (Å²) in [7, 11) is 0. The van der Waals surface area contributed by atoms with Gasteiger partial charge in [0.2, 0.25) is 0 Å². The third-order valence-corrected chi connectivity index (χ3v) is 4.42. The minimum Gasteiger partial charge on any atom is -0.371 e. The summed E-state index contributed by atoms with van der Waals surface area (Å²) in [4.78, 5) is 4.67. The fraction of sp³-hybridized carbons (Fsp3) is 0.400. The lowest BCUT2D eigenvalue weighted by molar-refractivity contribution is 0.111. The van der Waals surface area contributed by atoms with Gasteiger partial charge >= 0.3 is 0 Å². The van der Waals surface area contributed by atoms with Crippen molar-refractivity contribution < 1.29 is 4.74 Å². The van der Waals surface area contributed by atoms with Gasteiger partial charge in [0.15, 0.2) is 0 Å². The summed E-state index contributed by atoms with van der Waals surface area (Å²) in [5, 5.41) is 3.22. The first-order chi connectivity index (χ1) is 9.33. The van der Waals surface area contributed by atoms with Crippen LogP contribution < -0.4 is 5.73 Å². The van der Waals surface area contributed by atoms with Crippen LogP contribution in [0, 0.1) is 0 Å². The van der Waals surface area contributed by atoms with Gasteiger partial charge < -0.3 is 10.5 Å². The molecule has 0 aliphatic carbocycles. The van der Waals surface area contributed by atoms with Crippen LogP contribution in [0.2, 0.25) is 0 Å². The summed E-state index contributed by atoms with van der Waals surface area (Å²) in [6.45, 7) is 0.864. The van der Waals surface area contributed by atoms with E-state index in [0.717, 1.165) is 42.1 Å². The number of hydrogen-bond acceptors (Lipinski definition) is 4. The molecular weight excluding hydrogens is 256 g/mol. The maximum Gasteiger partial charge on any atom is 0.122 e. The standard InChI is InChI=1S/C15H18N2OS/c16-13(11-5-2-1-3-6-11)9-12-10-19-15(17-12)14-7-4-8-18-14/h1-3,5-6,10,13-14H,4,7-9,16H2. The largest absolute Gasteiger partial charge is 0.371 e. The lowest BCUT2D eigenvalue weighted by atomic mass is 10.0. The Bertz CT molecular complexity index is 520. The molecule has 1 aromatic carbocycles. The molecule has 1 fully saturated rings. The predicted octanol–water partition coefficient (Wildman–Crippen LogP) is 3.24. The van der Waals surface area contributed by atoms with E-state index in [1.807, 2.05) is 18.2 Å². The van der Waals surface area contributed by atoms with Gasteiger partial charge in [-0.05, 0) is 18.4 Å². The molecule has 100 valence electrons. The van der Waals surface area contributed by atoms with E-state index in [2.05, 4.69) is 22.5 Å². The molecule has 1 aliphatic heterocycles. The smallest absolute Gasteiger partial charge is 0.122 e. The highest BCUT2D eigenvalue weighted by Gasteiger charge is 2.21. The summed E-state index contributed by atoms with van der Waals surface area (Å²) in [5.41, 5.74) is 8.46. The lowest BCUT2D eigenvalue weighted by Gasteiger charge is -2.10. The number of ether oxygens (including phenoxy) is 1. The van der Waals surface area contributed by atoms with E-state index >= 15 is 0 Å². The van der Waals surface area contributed by atoms with E-state index in [0.29, 0.717) is 0 Å². The van der Waals surface area contributed by atoms with Crippen molar-refractivity contribution in [1.82, 2.24) is 4.98 Å². The van der Waals surface area contributed by atoms with Crippen molar-refractivity contribution in [2.45, 2.75) is 31.4 Å². The molecular formula is C15H18N2OS. The molecule has 1 aliphatic rings. The third-order valence-electron chi connectivity index (χ3n) is 3.43.